The van der Waals surface area contributed by atoms with Gasteiger partial charge < -0.3 is 30.0 Å². The number of ether oxygens (including phenoxy) is 3. The van der Waals surface area contributed by atoms with Gasteiger partial charge in [-0.3, -0.25) is 14.9 Å². The molecule has 2 rings (SSSR count). The number of nitro benzene ring substituents is 1. The van der Waals surface area contributed by atoms with E-state index in [0.717, 1.165) is 6.07 Å². The summed E-state index contributed by atoms with van der Waals surface area (Å²) < 4.78 is 16.4. The summed E-state index contributed by atoms with van der Waals surface area (Å²) in [4.78, 5) is 25.7. The van der Waals surface area contributed by atoms with Gasteiger partial charge in [0.25, 0.3) is 11.6 Å². The summed E-state index contributed by atoms with van der Waals surface area (Å²) in [6.45, 7) is 4.71. The summed E-state index contributed by atoms with van der Waals surface area (Å²) in [7, 11) is 1.37. The second kappa shape index (κ2) is 10.8. The second-order valence-electron chi connectivity index (χ2n) is 6.60. The van der Waals surface area contributed by atoms with E-state index in [0.29, 0.717) is 25.2 Å². The Morgan fingerprint density at radius 1 is 1.43 bits per heavy atom. The van der Waals surface area contributed by atoms with Crippen LogP contribution in [0.4, 0.5) is 5.69 Å². The van der Waals surface area contributed by atoms with Crippen molar-refractivity contribution in [1.82, 2.24) is 4.90 Å². The highest BCUT2D eigenvalue weighted by atomic mass is 32.2. The van der Waals surface area contributed by atoms with E-state index >= 15 is 0 Å². The maximum Gasteiger partial charge on any atom is 0.286 e. The van der Waals surface area contributed by atoms with Gasteiger partial charge in [0.2, 0.25) is 0 Å². The van der Waals surface area contributed by atoms with E-state index in [1.54, 1.807) is 0 Å². The lowest BCUT2D eigenvalue weighted by Crippen LogP contribution is -2.55. The van der Waals surface area contributed by atoms with Gasteiger partial charge in [-0.05, 0) is 19.1 Å². The molecule has 0 saturated carbocycles. The van der Waals surface area contributed by atoms with Gasteiger partial charge in [-0.2, -0.15) is 0 Å². The van der Waals surface area contributed by atoms with Crippen LogP contribution in [-0.2, 0) is 4.74 Å². The summed E-state index contributed by atoms with van der Waals surface area (Å²) in [5, 5.41) is 23.0. The summed E-state index contributed by atoms with van der Waals surface area (Å²) in [6.07, 6.45) is 0.873. The van der Waals surface area contributed by atoms with E-state index in [9.17, 15) is 20.0 Å². The number of carbonyl (C=O) groups is 1. The highest BCUT2D eigenvalue weighted by Crippen LogP contribution is 2.41. The number of hydrogen-bond donors (Lipinski definition) is 2. The minimum absolute atomic E-state index is 0.122. The lowest BCUT2D eigenvalue weighted by atomic mass is 10.1. The molecule has 0 spiro atoms. The van der Waals surface area contributed by atoms with Gasteiger partial charge in [0.15, 0.2) is 22.7 Å². The van der Waals surface area contributed by atoms with E-state index in [4.69, 9.17) is 19.9 Å². The Labute approximate surface area is 179 Å². The molecule has 0 aromatic heterocycles. The number of rotatable bonds is 11. The molecule has 1 heterocycles. The fourth-order valence-corrected chi connectivity index (χ4v) is 4.47. The normalized spacial score (nSPS) is 19.6. The predicted molar refractivity (Wildman–Crippen MR) is 113 cm³/mol. The van der Waals surface area contributed by atoms with Crippen molar-refractivity contribution in [2.45, 2.75) is 37.9 Å². The lowest BCUT2D eigenvalue weighted by Gasteiger charge is -2.39. The first-order valence-electron chi connectivity index (χ1n) is 9.80. The Hall–Kier alpha value is -2.08. The van der Waals surface area contributed by atoms with E-state index in [-0.39, 0.29) is 36.8 Å². The van der Waals surface area contributed by atoms with Gasteiger partial charge in [-0.15, -0.1) is 11.8 Å². The number of thioether (sulfide) groups is 1. The van der Waals surface area contributed by atoms with Crippen LogP contribution in [-0.4, -0.2) is 71.2 Å². The quantitative estimate of drug-likeness (QED) is 0.299. The highest BCUT2D eigenvalue weighted by Gasteiger charge is 2.50. The fourth-order valence-electron chi connectivity index (χ4n) is 3.42. The zero-order chi connectivity index (χ0) is 22.3. The van der Waals surface area contributed by atoms with Crippen molar-refractivity contribution < 1.29 is 29.0 Å². The molecule has 0 aliphatic carbocycles. The minimum Gasteiger partial charge on any atom is -0.493 e. The first-order valence-corrected chi connectivity index (χ1v) is 10.9. The molecule has 2 atom stereocenters. The van der Waals surface area contributed by atoms with Crippen molar-refractivity contribution in [3.05, 3.63) is 27.8 Å². The SMILES string of the molecule is CCOC(SCC)[C@@]1(O)CCCN1C(=O)c1cc(OC)c(OCCN)cc1[N+](=O)[O-]. The van der Waals surface area contributed by atoms with Crippen LogP contribution < -0.4 is 15.2 Å². The Balaban J connectivity index is 2.48. The third-order valence-electron chi connectivity index (χ3n) is 4.74. The molecule has 1 unspecified atom stereocenters. The van der Waals surface area contributed by atoms with Crippen molar-refractivity contribution in [1.29, 1.82) is 0 Å². The fraction of sp³-hybridized carbons (Fsp3) is 0.632. The van der Waals surface area contributed by atoms with Crippen molar-refractivity contribution in [3.63, 3.8) is 0 Å². The topological polar surface area (TPSA) is 137 Å². The molecule has 3 N–H and O–H groups in total. The van der Waals surface area contributed by atoms with Crippen LogP contribution in [0, 0.1) is 10.1 Å². The summed E-state index contributed by atoms with van der Waals surface area (Å²) >= 11 is 1.39. The molecule has 10 nitrogen and oxygen atoms in total. The van der Waals surface area contributed by atoms with E-state index in [2.05, 4.69) is 0 Å². The van der Waals surface area contributed by atoms with Gasteiger partial charge in [0.1, 0.15) is 12.2 Å². The number of nitro groups is 1. The molecule has 1 aromatic rings. The Bertz CT molecular complexity index is 758. The third kappa shape index (κ3) is 4.97. The summed E-state index contributed by atoms with van der Waals surface area (Å²) in [6, 6.07) is 2.42. The number of benzene rings is 1. The van der Waals surface area contributed by atoms with Gasteiger partial charge in [-0.1, -0.05) is 6.92 Å². The first kappa shape index (κ1) is 24.2. The molecule has 11 heteroatoms. The smallest absolute Gasteiger partial charge is 0.286 e. The highest BCUT2D eigenvalue weighted by molar-refractivity contribution is 7.99. The number of likely N-dealkylation sites (tertiary alicyclic amines) is 1. The molecular formula is C19H29N3O7S. The predicted octanol–water partition coefficient (Wildman–Crippen LogP) is 1.98. The van der Waals surface area contributed by atoms with Crippen molar-refractivity contribution in [2.75, 3.05) is 39.2 Å². The van der Waals surface area contributed by atoms with Gasteiger partial charge >= 0.3 is 0 Å². The van der Waals surface area contributed by atoms with Crippen LogP contribution in [0.3, 0.4) is 0 Å². The van der Waals surface area contributed by atoms with Crippen molar-refractivity contribution >= 4 is 23.4 Å². The molecular weight excluding hydrogens is 414 g/mol. The number of methoxy groups -OCH3 is 1. The average molecular weight is 444 g/mol. The van der Waals surface area contributed by atoms with Crippen molar-refractivity contribution in [2.24, 2.45) is 5.73 Å². The van der Waals surface area contributed by atoms with Crippen LogP contribution >= 0.6 is 11.8 Å². The van der Waals surface area contributed by atoms with E-state index in [1.807, 2.05) is 13.8 Å². The molecule has 1 fully saturated rings. The Kier molecular flexibility index (Phi) is 8.71. The zero-order valence-electron chi connectivity index (χ0n) is 17.5. The average Bonchev–Trinajstić information content (AvgIpc) is 3.13. The Morgan fingerprint density at radius 2 is 2.17 bits per heavy atom. The number of carbonyl (C=O) groups excluding carboxylic acids is 1. The first-order chi connectivity index (χ1) is 14.3. The van der Waals surface area contributed by atoms with E-state index < -0.39 is 27.7 Å². The van der Waals surface area contributed by atoms with Crippen LogP contribution in [0.25, 0.3) is 0 Å². The van der Waals surface area contributed by atoms with E-state index in [1.165, 1.54) is 29.8 Å². The van der Waals surface area contributed by atoms with Crippen LogP contribution in [0.15, 0.2) is 12.1 Å². The number of hydrogen-bond acceptors (Lipinski definition) is 9. The zero-order valence-corrected chi connectivity index (χ0v) is 18.3. The number of aliphatic hydroxyl groups is 1. The monoisotopic (exact) mass is 443 g/mol. The van der Waals surface area contributed by atoms with Crippen LogP contribution in [0.2, 0.25) is 0 Å². The van der Waals surface area contributed by atoms with Crippen molar-refractivity contribution in [3.8, 4) is 11.5 Å². The van der Waals surface area contributed by atoms with Crippen LogP contribution in [0.1, 0.15) is 37.0 Å². The molecule has 1 amide bonds. The standard InChI is InChI=1S/C19H29N3O7S/c1-4-28-18(30-5-2)19(24)7-6-9-21(19)17(23)13-11-15(27-3)16(29-10-8-20)12-14(13)22(25)26/h11-12,18,24H,4-10,20H2,1-3H3/t18?,19-/m0/s1. The molecule has 1 aliphatic heterocycles. The number of nitrogens with two attached hydrogens (primary N) is 1. The molecule has 1 aliphatic rings. The molecule has 0 bridgehead atoms. The van der Waals surface area contributed by atoms with Gasteiger partial charge in [0.05, 0.1) is 18.1 Å². The molecule has 0 radical (unpaired) electrons. The number of nitrogens with zero attached hydrogens (tertiary/aromatic N) is 2. The molecule has 1 saturated heterocycles. The van der Waals surface area contributed by atoms with Gasteiger partial charge in [0, 0.05) is 32.2 Å². The molecule has 168 valence electrons. The largest absolute Gasteiger partial charge is 0.493 e. The lowest BCUT2D eigenvalue weighted by molar-refractivity contribution is -0.385. The summed E-state index contributed by atoms with van der Waals surface area (Å²) in [5.74, 6) is 0.309. The molecule has 1 aromatic carbocycles. The van der Waals surface area contributed by atoms with Crippen LogP contribution in [0.5, 0.6) is 11.5 Å². The maximum atomic E-state index is 13.4. The minimum atomic E-state index is -1.57. The van der Waals surface area contributed by atoms with Gasteiger partial charge in [-0.25, -0.2) is 0 Å². The summed E-state index contributed by atoms with van der Waals surface area (Å²) in [5.41, 5.74) is 2.59. The second-order valence-corrected chi connectivity index (χ2v) is 7.93. The number of amides is 1. The molecule has 30 heavy (non-hydrogen) atoms. The Morgan fingerprint density at radius 3 is 2.73 bits per heavy atom. The maximum absolute atomic E-state index is 13.4. The third-order valence-corrected chi connectivity index (χ3v) is 5.89.